The molecular weight excluding hydrogens is 334 g/mol. The molecule has 0 spiro atoms. The minimum absolute atomic E-state index is 0. The first kappa shape index (κ1) is 17.9. The van der Waals surface area contributed by atoms with Gasteiger partial charge in [0.2, 0.25) is 0 Å². The summed E-state index contributed by atoms with van der Waals surface area (Å²) in [7, 11) is 0. The number of carbonyl (C=O) groups is 1. The van der Waals surface area contributed by atoms with Crippen LogP contribution in [0.1, 0.15) is 42.0 Å². The largest absolute Gasteiger partial charge is 0.315 e. The second-order valence-corrected chi connectivity index (χ2v) is 6.34. The van der Waals surface area contributed by atoms with E-state index in [4.69, 9.17) is 0 Å². The molecule has 126 valence electrons. The van der Waals surface area contributed by atoms with Gasteiger partial charge < -0.3 is 5.32 Å². The number of aromatic nitrogens is 3. The molecule has 2 aromatic rings. The Morgan fingerprint density at radius 2 is 2.39 bits per heavy atom. The average molecular weight is 356 g/mol. The summed E-state index contributed by atoms with van der Waals surface area (Å²) in [5.74, 6) is -0.0839. The van der Waals surface area contributed by atoms with Gasteiger partial charge in [-0.25, -0.2) is 4.98 Å². The number of anilines is 1. The zero-order valence-electron chi connectivity index (χ0n) is 13.4. The number of nitrogens with zero attached hydrogens (tertiary/aromatic N) is 4. The van der Waals surface area contributed by atoms with Crippen LogP contribution in [-0.4, -0.2) is 40.3 Å². The lowest BCUT2D eigenvalue weighted by atomic mass is 10.1. The summed E-state index contributed by atoms with van der Waals surface area (Å²) in [4.78, 5) is 18.8. The molecule has 3 rings (SSSR count). The molecule has 1 amide bonds. The highest BCUT2D eigenvalue weighted by atomic mass is 35.5. The third-order valence-electron chi connectivity index (χ3n) is 3.87. The van der Waals surface area contributed by atoms with Crippen LogP contribution < -0.4 is 10.2 Å². The Labute approximate surface area is 146 Å². The highest BCUT2D eigenvalue weighted by molar-refractivity contribution is 7.14. The van der Waals surface area contributed by atoms with Crippen molar-refractivity contribution in [2.45, 2.75) is 32.7 Å². The van der Waals surface area contributed by atoms with Gasteiger partial charge in [0.25, 0.3) is 5.91 Å². The first-order valence-corrected chi connectivity index (χ1v) is 8.57. The standard InChI is InChI=1S/C15H21N5OS.ClH/c1-3-19(15-17-11(2)10-22-15)14(21)13-6-8-20(18-13)12-5-4-7-16-9-12;/h6,8,10,12,16H,3-5,7,9H2,1-2H3;1H. The van der Waals surface area contributed by atoms with Gasteiger partial charge in [0.15, 0.2) is 10.8 Å². The van der Waals surface area contributed by atoms with Crippen LogP contribution in [0.5, 0.6) is 0 Å². The van der Waals surface area contributed by atoms with Crippen molar-refractivity contribution < 1.29 is 4.79 Å². The topological polar surface area (TPSA) is 63.1 Å². The van der Waals surface area contributed by atoms with Gasteiger partial charge in [-0.15, -0.1) is 23.7 Å². The number of carbonyl (C=O) groups excluding carboxylic acids is 1. The van der Waals surface area contributed by atoms with E-state index >= 15 is 0 Å². The second kappa shape index (κ2) is 7.90. The Morgan fingerprint density at radius 1 is 1.57 bits per heavy atom. The van der Waals surface area contributed by atoms with Crippen LogP contribution in [0.25, 0.3) is 0 Å². The fourth-order valence-electron chi connectivity index (χ4n) is 2.68. The van der Waals surface area contributed by atoms with Crippen LogP contribution in [0.4, 0.5) is 5.13 Å². The van der Waals surface area contributed by atoms with Crippen molar-refractivity contribution >= 4 is 34.8 Å². The molecule has 0 saturated carbocycles. The third kappa shape index (κ3) is 3.91. The molecule has 0 aliphatic carbocycles. The molecule has 1 unspecified atom stereocenters. The van der Waals surface area contributed by atoms with E-state index in [9.17, 15) is 4.79 Å². The number of hydrogen-bond donors (Lipinski definition) is 1. The maximum atomic E-state index is 12.7. The molecule has 6 nitrogen and oxygen atoms in total. The fraction of sp³-hybridized carbons (Fsp3) is 0.533. The lowest BCUT2D eigenvalue weighted by molar-refractivity contribution is 0.0982. The van der Waals surface area contributed by atoms with Crippen molar-refractivity contribution in [3.8, 4) is 0 Å². The van der Waals surface area contributed by atoms with E-state index in [2.05, 4.69) is 15.4 Å². The lowest BCUT2D eigenvalue weighted by Gasteiger charge is -2.23. The van der Waals surface area contributed by atoms with Crippen molar-refractivity contribution in [2.75, 3.05) is 24.5 Å². The summed E-state index contributed by atoms with van der Waals surface area (Å²) in [5, 5.41) is 10.6. The van der Waals surface area contributed by atoms with Crippen molar-refractivity contribution in [3.63, 3.8) is 0 Å². The average Bonchev–Trinajstić information content (AvgIpc) is 3.18. The highest BCUT2D eigenvalue weighted by Gasteiger charge is 2.23. The van der Waals surface area contributed by atoms with E-state index in [0.29, 0.717) is 18.3 Å². The number of thiazole rings is 1. The van der Waals surface area contributed by atoms with Gasteiger partial charge in [0.1, 0.15) is 0 Å². The van der Waals surface area contributed by atoms with E-state index < -0.39 is 0 Å². The van der Waals surface area contributed by atoms with Gasteiger partial charge in [-0.2, -0.15) is 5.10 Å². The molecule has 1 atom stereocenters. The molecule has 0 bridgehead atoms. The highest BCUT2D eigenvalue weighted by Crippen LogP contribution is 2.22. The van der Waals surface area contributed by atoms with E-state index in [-0.39, 0.29) is 18.3 Å². The normalized spacial score (nSPS) is 17.6. The predicted octanol–water partition coefficient (Wildman–Crippen LogP) is 2.66. The Hall–Kier alpha value is -1.44. The van der Waals surface area contributed by atoms with Gasteiger partial charge in [0, 0.05) is 24.7 Å². The Morgan fingerprint density at radius 3 is 3.00 bits per heavy atom. The first-order chi connectivity index (χ1) is 10.7. The maximum Gasteiger partial charge on any atom is 0.280 e. The number of hydrogen-bond acceptors (Lipinski definition) is 5. The number of rotatable bonds is 4. The summed E-state index contributed by atoms with van der Waals surface area (Å²) in [6.07, 6.45) is 4.16. The van der Waals surface area contributed by atoms with Crippen molar-refractivity contribution in [1.82, 2.24) is 20.1 Å². The molecule has 3 heterocycles. The lowest BCUT2D eigenvalue weighted by Crippen LogP contribution is -2.33. The van der Waals surface area contributed by atoms with E-state index in [1.54, 1.807) is 11.0 Å². The molecule has 1 aliphatic rings. The molecule has 1 aliphatic heterocycles. The van der Waals surface area contributed by atoms with Crippen LogP contribution >= 0.6 is 23.7 Å². The van der Waals surface area contributed by atoms with Crippen LogP contribution in [0.2, 0.25) is 0 Å². The smallest absolute Gasteiger partial charge is 0.280 e. The van der Waals surface area contributed by atoms with Crippen LogP contribution in [0, 0.1) is 6.92 Å². The molecule has 8 heteroatoms. The van der Waals surface area contributed by atoms with Gasteiger partial charge in [0.05, 0.1) is 11.7 Å². The van der Waals surface area contributed by atoms with Gasteiger partial charge >= 0.3 is 0 Å². The zero-order valence-corrected chi connectivity index (χ0v) is 15.0. The third-order valence-corrected chi connectivity index (χ3v) is 4.85. The van der Waals surface area contributed by atoms with Gasteiger partial charge in [-0.05, 0) is 39.3 Å². The molecule has 2 aromatic heterocycles. The summed E-state index contributed by atoms with van der Waals surface area (Å²) in [6, 6.07) is 2.15. The molecule has 1 saturated heterocycles. The van der Waals surface area contributed by atoms with Gasteiger partial charge in [-0.1, -0.05) is 0 Å². The number of halogens is 1. The number of aryl methyl sites for hydroxylation is 1. The molecular formula is C15H22ClN5OS. The summed E-state index contributed by atoms with van der Waals surface area (Å²) in [6.45, 7) is 6.46. The Kier molecular flexibility index (Phi) is 6.15. The van der Waals surface area contributed by atoms with Crippen molar-refractivity contribution in [2.24, 2.45) is 0 Å². The van der Waals surface area contributed by atoms with Crippen molar-refractivity contribution in [1.29, 1.82) is 0 Å². The van der Waals surface area contributed by atoms with Crippen LogP contribution in [0.15, 0.2) is 17.6 Å². The molecule has 1 N–H and O–H groups in total. The monoisotopic (exact) mass is 355 g/mol. The fourth-order valence-corrected chi connectivity index (χ4v) is 3.55. The Bertz CT molecular complexity index is 650. The second-order valence-electron chi connectivity index (χ2n) is 5.50. The van der Waals surface area contributed by atoms with Crippen LogP contribution in [-0.2, 0) is 0 Å². The number of amides is 1. The number of nitrogens with one attached hydrogen (secondary N) is 1. The molecule has 23 heavy (non-hydrogen) atoms. The minimum atomic E-state index is -0.0839. The van der Waals surface area contributed by atoms with Gasteiger partial charge in [-0.3, -0.25) is 14.4 Å². The summed E-state index contributed by atoms with van der Waals surface area (Å²) >= 11 is 1.49. The summed E-state index contributed by atoms with van der Waals surface area (Å²) in [5.41, 5.74) is 1.42. The quantitative estimate of drug-likeness (QED) is 0.915. The number of piperidine rings is 1. The van der Waals surface area contributed by atoms with E-state index in [1.165, 1.54) is 11.3 Å². The SMILES string of the molecule is CCN(C(=O)c1ccn(C2CCCNC2)n1)c1nc(C)cs1.Cl. The zero-order chi connectivity index (χ0) is 15.5. The minimum Gasteiger partial charge on any atom is -0.315 e. The Balaban J connectivity index is 0.00000192. The van der Waals surface area contributed by atoms with E-state index in [0.717, 1.165) is 36.8 Å². The molecule has 0 aromatic carbocycles. The van der Waals surface area contributed by atoms with Crippen molar-refractivity contribution in [3.05, 3.63) is 29.0 Å². The maximum absolute atomic E-state index is 12.7. The van der Waals surface area contributed by atoms with E-state index in [1.807, 2.05) is 30.1 Å². The summed E-state index contributed by atoms with van der Waals surface area (Å²) < 4.78 is 1.92. The predicted molar refractivity (Wildman–Crippen MR) is 94.8 cm³/mol. The molecule has 0 radical (unpaired) electrons. The van der Waals surface area contributed by atoms with Crippen LogP contribution in [0.3, 0.4) is 0 Å². The molecule has 1 fully saturated rings. The first-order valence-electron chi connectivity index (χ1n) is 7.69.